The van der Waals surface area contributed by atoms with E-state index in [1.54, 1.807) is 19.1 Å². The summed E-state index contributed by atoms with van der Waals surface area (Å²) in [4.78, 5) is 8.16. The first kappa shape index (κ1) is 14.5. The third-order valence-corrected chi connectivity index (χ3v) is 2.87. The molecule has 4 nitrogen and oxygen atoms in total. The second-order valence-electron chi connectivity index (χ2n) is 4.26. The molecule has 1 aromatic heterocycles. The molecule has 0 amide bonds. The molecule has 0 aliphatic rings. The Kier molecular flexibility index (Phi) is 4.74. The third kappa shape index (κ3) is 3.36. The molecule has 0 radical (unpaired) electrons. The van der Waals surface area contributed by atoms with Crippen molar-refractivity contribution in [2.45, 2.75) is 20.3 Å². The summed E-state index contributed by atoms with van der Waals surface area (Å²) in [6.45, 7) is 4.43. The van der Waals surface area contributed by atoms with Gasteiger partial charge in [-0.05, 0) is 25.0 Å². The van der Waals surface area contributed by atoms with E-state index in [1.807, 2.05) is 6.92 Å². The van der Waals surface area contributed by atoms with Gasteiger partial charge in [0.05, 0.1) is 6.20 Å². The first-order chi connectivity index (χ1) is 9.61. The summed E-state index contributed by atoms with van der Waals surface area (Å²) in [6, 6.07) is 4.90. The molecule has 0 saturated heterocycles. The molecule has 0 aliphatic carbocycles. The van der Waals surface area contributed by atoms with Crippen molar-refractivity contribution in [3.63, 3.8) is 0 Å². The van der Waals surface area contributed by atoms with Crippen LogP contribution < -0.4 is 10.1 Å². The van der Waals surface area contributed by atoms with E-state index in [2.05, 4.69) is 15.3 Å². The normalized spacial score (nSPS) is 10.4. The fraction of sp³-hybridized carbons (Fsp3) is 0.286. The highest BCUT2D eigenvalue weighted by Gasteiger charge is 2.12. The van der Waals surface area contributed by atoms with Crippen LogP contribution in [0.25, 0.3) is 0 Å². The van der Waals surface area contributed by atoms with Crippen molar-refractivity contribution in [3.05, 3.63) is 40.8 Å². The molecule has 20 heavy (non-hydrogen) atoms. The minimum atomic E-state index is -0.426. The monoisotopic (exact) mass is 295 g/mol. The Morgan fingerprint density at radius 1 is 1.40 bits per heavy atom. The standard InChI is InChI=1S/C14H15ClFN3O/c1-3-7-17-14-18-8-10(15)13(19-14)20-11-6-4-5-9(2)12(11)16/h4-6,8H,3,7H2,1-2H3,(H,17,18,19). The van der Waals surface area contributed by atoms with E-state index in [4.69, 9.17) is 16.3 Å². The van der Waals surface area contributed by atoms with Crippen LogP contribution >= 0.6 is 11.6 Å². The van der Waals surface area contributed by atoms with E-state index in [-0.39, 0.29) is 16.7 Å². The van der Waals surface area contributed by atoms with Crippen LogP contribution in [0.5, 0.6) is 11.6 Å². The first-order valence-electron chi connectivity index (χ1n) is 6.31. The summed E-state index contributed by atoms with van der Waals surface area (Å²) in [5, 5.41) is 3.25. The van der Waals surface area contributed by atoms with Gasteiger partial charge in [0.2, 0.25) is 11.8 Å². The van der Waals surface area contributed by atoms with Crippen molar-refractivity contribution in [3.8, 4) is 11.6 Å². The minimum Gasteiger partial charge on any atom is -0.434 e. The number of benzene rings is 1. The molecule has 0 atom stereocenters. The van der Waals surface area contributed by atoms with Crippen LogP contribution in [-0.4, -0.2) is 16.5 Å². The Morgan fingerprint density at radius 2 is 2.20 bits per heavy atom. The summed E-state index contributed by atoms with van der Waals surface area (Å²) >= 11 is 5.97. The van der Waals surface area contributed by atoms with Gasteiger partial charge in [0.25, 0.3) is 0 Å². The lowest BCUT2D eigenvalue weighted by Gasteiger charge is -2.10. The zero-order valence-electron chi connectivity index (χ0n) is 11.3. The average molecular weight is 296 g/mol. The van der Waals surface area contributed by atoms with Crippen LogP contribution in [0.4, 0.5) is 10.3 Å². The number of nitrogens with one attached hydrogen (secondary N) is 1. The summed E-state index contributed by atoms with van der Waals surface area (Å²) in [6.07, 6.45) is 2.37. The number of hydrogen-bond donors (Lipinski definition) is 1. The number of ether oxygens (including phenoxy) is 1. The van der Waals surface area contributed by atoms with Crippen LogP contribution in [0.3, 0.4) is 0 Å². The molecule has 0 saturated carbocycles. The summed E-state index contributed by atoms with van der Waals surface area (Å²) in [5.74, 6) is 0.196. The number of anilines is 1. The Balaban J connectivity index is 2.26. The van der Waals surface area contributed by atoms with E-state index in [1.165, 1.54) is 12.3 Å². The fourth-order valence-corrected chi connectivity index (χ4v) is 1.68. The molecule has 1 aromatic carbocycles. The lowest BCUT2D eigenvalue weighted by atomic mass is 10.2. The minimum absolute atomic E-state index is 0.0899. The molecule has 0 spiro atoms. The topological polar surface area (TPSA) is 47.0 Å². The van der Waals surface area contributed by atoms with E-state index in [9.17, 15) is 4.39 Å². The number of halogens is 2. The predicted octanol–water partition coefficient (Wildman–Crippen LogP) is 4.19. The summed E-state index contributed by atoms with van der Waals surface area (Å²) in [5.41, 5.74) is 0.497. The first-order valence-corrected chi connectivity index (χ1v) is 6.69. The highest BCUT2D eigenvalue weighted by Crippen LogP contribution is 2.30. The number of hydrogen-bond acceptors (Lipinski definition) is 4. The zero-order valence-corrected chi connectivity index (χ0v) is 12.0. The van der Waals surface area contributed by atoms with Gasteiger partial charge in [-0.2, -0.15) is 4.98 Å². The molecule has 1 N–H and O–H groups in total. The summed E-state index contributed by atoms with van der Waals surface area (Å²) < 4.78 is 19.3. The molecule has 0 aliphatic heterocycles. The molecule has 0 fully saturated rings. The summed E-state index contributed by atoms with van der Waals surface area (Å²) in [7, 11) is 0. The second-order valence-corrected chi connectivity index (χ2v) is 4.67. The third-order valence-electron chi connectivity index (χ3n) is 2.61. The van der Waals surface area contributed by atoms with Gasteiger partial charge in [-0.15, -0.1) is 0 Å². The highest BCUT2D eigenvalue weighted by molar-refractivity contribution is 6.31. The van der Waals surface area contributed by atoms with Crippen molar-refractivity contribution < 1.29 is 9.13 Å². The molecule has 106 valence electrons. The van der Waals surface area contributed by atoms with Gasteiger partial charge >= 0.3 is 0 Å². The van der Waals surface area contributed by atoms with Gasteiger partial charge in [-0.3, -0.25) is 0 Å². The molecule has 1 heterocycles. The van der Waals surface area contributed by atoms with Crippen molar-refractivity contribution in [2.24, 2.45) is 0 Å². The van der Waals surface area contributed by atoms with Crippen molar-refractivity contribution in [1.29, 1.82) is 0 Å². The largest absolute Gasteiger partial charge is 0.434 e. The van der Waals surface area contributed by atoms with Crippen molar-refractivity contribution in [2.75, 3.05) is 11.9 Å². The molecule has 6 heteroatoms. The van der Waals surface area contributed by atoms with Crippen LogP contribution in [0.1, 0.15) is 18.9 Å². The van der Waals surface area contributed by atoms with E-state index in [0.29, 0.717) is 11.5 Å². The maximum Gasteiger partial charge on any atom is 0.243 e. The highest BCUT2D eigenvalue weighted by atomic mass is 35.5. The molecule has 0 unspecified atom stereocenters. The van der Waals surface area contributed by atoms with Gasteiger partial charge in [0, 0.05) is 6.54 Å². The van der Waals surface area contributed by atoms with E-state index < -0.39 is 5.82 Å². The van der Waals surface area contributed by atoms with Gasteiger partial charge < -0.3 is 10.1 Å². The lowest BCUT2D eigenvalue weighted by Crippen LogP contribution is -2.05. The number of rotatable bonds is 5. The fourth-order valence-electron chi connectivity index (χ4n) is 1.55. The van der Waals surface area contributed by atoms with Crippen LogP contribution in [0, 0.1) is 12.7 Å². The zero-order chi connectivity index (χ0) is 14.5. The lowest BCUT2D eigenvalue weighted by molar-refractivity contribution is 0.425. The number of aromatic nitrogens is 2. The predicted molar refractivity (Wildman–Crippen MR) is 77.0 cm³/mol. The van der Waals surface area contributed by atoms with Crippen molar-refractivity contribution >= 4 is 17.5 Å². The Hall–Kier alpha value is -1.88. The Labute approximate surface area is 122 Å². The molecule has 0 bridgehead atoms. The second kappa shape index (κ2) is 6.52. The van der Waals surface area contributed by atoms with E-state index in [0.717, 1.165) is 13.0 Å². The van der Waals surface area contributed by atoms with Crippen LogP contribution in [-0.2, 0) is 0 Å². The van der Waals surface area contributed by atoms with Gasteiger partial charge in [-0.1, -0.05) is 30.7 Å². The number of aryl methyl sites for hydroxylation is 1. The Bertz CT molecular complexity index is 607. The SMILES string of the molecule is CCCNc1ncc(Cl)c(Oc2cccc(C)c2F)n1. The van der Waals surface area contributed by atoms with Crippen LogP contribution in [0.15, 0.2) is 24.4 Å². The van der Waals surface area contributed by atoms with Gasteiger partial charge in [0.1, 0.15) is 5.02 Å². The smallest absolute Gasteiger partial charge is 0.243 e. The van der Waals surface area contributed by atoms with E-state index >= 15 is 0 Å². The van der Waals surface area contributed by atoms with Crippen LogP contribution in [0.2, 0.25) is 5.02 Å². The van der Waals surface area contributed by atoms with Crippen molar-refractivity contribution in [1.82, 2.24) is 9.97 Å². The maximum atomic E-state index is 13.9. The molecular formula is C14H15ClFN3O. The molecular weight excluding hydrogens is 281 g/mol. The van der Waals surface area contributed by atoms with Gasteiger partial charge in [0.15, 0.2) is 11.6 Å². The quantitative estimate of drug-likeness (QED) is 0.898. The average Bonchev–Trinajstić information content (AvgIpc) is 2.44. The molecule has 2 aromatic rings. The van der Waals surface area contributed by atoms with Gasteiger partial charge in [-0.25, -0.2) is 9.37 Å². The Morgan fingerprint density at radius 3 is 2.95 bits per heavy atom. The maximum absolute atomic E-state index is 13.9. The number of nitrogens with zero attached hydrogens (tertiary/aromatic N) is 2. The molecule has 2 rings (SSSR count).